The molecule has 0 radical (unpaired) electrons. The average Bonchev–Trinajstić information content (AvgIpc) is 3.17. The van der Waals surface area contributed by atoms with Crippen LogP contribution in [0.5, 0.6) is 11.5 Å². The number of benzene rings is 2. The third-order valence-corrected chi connectivity index (χ3v) is 5.44. The van der Waals surface area contributed by atoms with Crippen molar-refractivity contribution in [3.8, 4) is 11.5 Å². The van der Waals surface area contributed by atoms with Gasteiger partial charge in [-0.05, 0) is 54.8 Å². The van der Waals surface area contributed by atoms with E-state index < -0.39 is 12.3 Å². The van der Waals surface area contributed by atoms with E-state index in [9.17, 15) is 9.59 Å². The number of nitrogens with zero attached hydrogens (tertiary/aromatic N) is 1. The third kappa shape index (κ3) is 6.24. The molecule has 7 nitrogen and oxygen atoms in total. The molecule has 164 valence electrons. The van der Waals surface area contributed by atoms with Crippen LogP contribution in [0, 0.1) is 0 Å². The maximum absolute atomic E-state index is 12.7. The molecular formula is C23H27N3O4S. The SMILES string of the molecule is COc1ccc(OC2CC(NC(=O)c3ccc(NCCSC)cc3)C(C(C)=O)=N2)cc1. The topological polar surface area (TPSA) is 89.0 Å². The summed E-state index contributed by atoms with van der Waals surface area (Å²) in [5.74, 6) is 1.92. The second kappa shape index (κ2) is 10.9. The highest BCUT2D eigenvalue weighted by Crippen LogP contribution is 2.23. The Bertz CT molecular complexity index is 929. The molecule has 8 heteroatoms. The van der Waals surface area contributed by atoms with Crippen molar-refractivity contribution in [3.05, 3.63) is 54.1 Å². The lowest BCUT2D eigenvalue weighted by atomic mass is 10.1. The monoisotopic (exact) mass is 441 g/mol. The number of aliphatic imine (C=N–C) groups is 1. The maximum atomic E-state index is 12.7. The lowest BCUT2D eigenvalue weighted by molar-refractivity contribution is -0.111. The van der Waals surface area contributed by atoms with Crippen molar-refractivity contribution in [2.45, 2.75) is 25.6 Å². The van der Waals surface area contributed by atoms with E-state index in [1.165, 1.54) is 6.92 Å². The molecule has 31 heavy (non-hydrogen) atoms. The second-order valence-electron chi connectivity index (χ2n) is 7.08. The highest BCUT2D eigenvalue weighted by molar-refractivity contribution is 7.98. The van der Waals surface area contributed by atoms with Gasteiger partial charge < -0.3 is 20.1 Å². The first-order valence-electron chi connectivity index (χ1n) is 10.0. The van der Waals surface area contributed by atoms with E-state index >= 15 is 0 Å². The van der Waals surface area contributed by atoms with Gasteiger partial charge in [-0.2, -0.15) is 11.8 Å². The number of carbonyl (C=O) groups excluding carboxylic acids is 2. The predicted octanol–water partition coefficient (Wildman–Crippen LogP) is 3.41. The van der Waals surface area contributed by atoms with Crippen molar-refractivity contribution in [2.75, 3.05) is 31.0 Å². The van der Waals surface area contributed by atoms with Crippen LogP contribution < -0.4 is 20.1 Å². The zero-order valence-corrected chi connectivity index (χ0v) is 18.7. The van der Waals surface area contributed by atoms with E-state index in [0.717, 1.165) is 23.7 Å². The minimum Gasteiger partial charge on any atom is -0.497 e. The molecule has 1 heterocycles. The Hall–Kier alpha value is -3.00. The van der Waals surface area contributed by atoms with Gasteiger partial charge in [-0.1, -0.05) is 0 Å². The summed E-state index contributed by atoms with van der Waals surface area (Å²) in [5.41, 5.74) is 1.81. The number of hydrogen-bond donors (Lipinski definition) is 2. The van der Waals surface area contributed by atoms with E-state index in [-0.39, 0.29) is 11.7 Å². The smallest absolute Gasteiger partial charge is 0.251 e. The van der Waals surface area contributed by atoms with E-state index in [4.69, 9.17) is 9.47 Å². The molecule has 0 spiro atoms. The fourth-order valence-electron chi connectivity index (χ4n) is 3.24. The normalized spacial score (nSPS) is 17.6. The van der Waals surface area contributed by atoms with Crippen LogP contribution in [0.15, 0.2) is 53.5 Å². The van der Waals surface area contributed by atoms with Gasteiger partial charge in [-0.15, -0.1) is 0 Å². The summed E-state index contributed by atoms with van der Waals surface area (Å²) in [6.07, 6.45) is 1.91. The largest absolute Gasteiger partial charge is 0.497 e. The summed E-state index contributed by atoms with van der Waals surface area (Å²) >= 11 is 1.77. The molecule has 2 unspecified atom stereocenters. The van der Waals surface area contributed by atoms with Crippen LogP contribution in [0.1, 0.15) is 23.7 Å². The van der Waals surface area contributed by atoms with Gasteiger partial charge in [0.25, 0.3) is 5.91 Å². The number of amides is 1. The van der Waals surface area contributed by atoms with Gasteiger partial charge in [0.05, 0.1) is 13.2 Å². The highest BCUT2D eigenvalue weighted by atomic mass is 32.2. The molecule has 1 aliphatic rings. The van der Waals surface area contributed by atoms with E-state index in [1.807, 2.05) is 12.1 Å². The molecule has 0 fully saturated rings. The van der Waals surface area contributed by atoms with E-state index in [0.29, 0.717) is 23.4 Å². The number of anilines is 1. The Morgan fingerprint density at radius 1 is 1.10 bits per heavy atom. The minimum absolute atomic E-state index is 0.181. The number of nitrogens with one attached hydrogen (secondary N) is 2. The van der Waals surface area contributed by atoms with Gasteiger partial charge in [-0.25, -0.2) is 4.99 Å². The molecule has 0 saturated carbocycles. The van der Waals surface area contributed by atoms with Gasteiger partial charge in [-0.3, -0.25) is 9.59 Å². The van der Waals surface area contributed by atoms with Gasteiger partial charge in [0, 0.05) is 36.9 Å². The quantitative estimate of drug-likeness (QED) is 0.550. The van der Waals surface area contributed by atoms with Crippen LogP contribution in [0.25, 0.3) is 0 Å². The van der Waals surface area contributed by atoms with E-state index in [1.54, 1.807) is 55.3 Å². The standard InChI is InChI=1S/C23H27N3O4S/c1-15(27)22-20(14-21(26-22)30-19-10-8-18(29-2)9-11-19)25-23(28)16-4-6-17(7-5-16)24-12-13-31-3/h4-11,20-21,24H,12-14H2,1-3H3,(H,25,28). The van der Waals surface area contributed by atoms with Crippen LogP contribution >= 0.6 is 11.8 Å². The number of Topliss-reactive ketones (excluding diaryl/α,β-unsaturated/α-hetero) is 1. The van der Waals surface area contributed by atoms with Crippen LogP contribution in [-0.2, 0) is 4.79 Å². The molecule has 0 aliphatic carbocycles. The Morgan fingerprint density at radius 2 is 1.77 bits per heavy atom. The second-order valence-corrected chi connectivity index (χ2v) is 8.06. The predicted molar refractivity (Wildman–Crippen MR) is 125 cm³/mol. The molecule has 0 saturated heterocycles. The summed E-state index contributed by atoms with van der Waals surface area (Å²) < 4.78 is 11.0. The molecule has 3 rings (SSSR count). The van der Waals surface area contributed by atoms with E-state index in [2.05, 4.69) is 21.9 Å². The zero-order chi connectivity index (χ0) is 22.2. The average molecular weight is 442 g/mol. The summed E-state index contributed by atoms with van der Waals surface area (Å²) in [6.45, 7) is 2.31. The first kappa shape index (κ1) is 22.7. The number of rotatable bonds is 10. The molecule has 2 N–H and O–H groups in total. The number of thioether (sulfide) groups is 1. The number of ketones is 1. The van der Waals surface area contributed by atoms with Crippen molar-refractivity contribution < 1.29 is 19.1 Å². The fourth-order valence-corrected chi connectivity index (χ4v) is 3.55. The lowest BCUT2D eigenvalue weighted by Gasteiger charge is -2.16. The van der Waals surface area contributed by atoms with Crippen LogP contribution in [0.2, 0.25) is 0 Å². The number of hydrogen-bond acceptors (Lipinski definition) is 7. The number of ether oxygens (including phenoxy) is 2. The summed E-state index contributed by atoms with van der Waals surface area (Å²) in [7, 11) is 1.60. The number of methoxy groups -OCH3 is 1. The van der Waals surface area contributed by atoms with Gasteiger partial charge in [0.1, 0.15) is 17.2 Å². The highest BCUT2D eigenvalue weighted by Gasteiger charge is 2.33. The molecule has 0 aromatic heterocycles. The van der Waals surface area contributed by atoms with Crippen LogP contribution in [-0.4, -0.2) is 55.3 Å². The Kier molecular flexibility index (Phi) is 7.94. The maximum Gasteiger partial charge on any atom is 0.251 e. The fraction of sp³-hybridized carbons (Fsp3) is 0.348. The van der Waals surface area contributed by atoms with Crippen LogP contribution in [0.3, 0.4) is 0 Å². The summed E-state index contributed by atoms with van der Waals surface area (Å²) in [5, 5.41) is 6.22. The van der Waals surface area contributed by atoms with Crippen molar-refractivity contribution in [3.63, 3.8) is 0 Å². The number of carbonyl (C=O) groups is 2. The molecule has 2 aromatic carbocycles. The lowest BCUT2D eigenvalue weighted by Crippen LogP contribution is -2.41. The zero-order valence-electron chi connectivity index (χ0n) is 17.9. The van der Waals surface area contributed by atoms with Gasteiger partial charge >= 0.3 is 0 Å². The Balaban J connectivity index is 1.61. The Morgan fingerprint density at radius 3 is 2.39 bits per heavy atom. The van der Waals surface area contributed by atoms with Crippen molar-refractivity contribution in [1.29, 1.82) is 0 Å². The Labute approximate surface area is 186 Å². The molecule has 1 amide bonds. The summed E-state index contributed by atoms with van der Waals surface area (Å²) in [4.78, 5) is 29.2. The first-order chi connectivity index (χ1) is 15.0. The van der Waals surface area contributed by atoms with Gasteiger partial charge in [0.15, 0.2) is 12.0 Å². The van der Waals surface area contributed by atoms with Crippen LogP contribution in [0.4, 0.5) is 5.69 Å². The molecular weight excluding hydrogens is 414 g/mol. The van der Waals surface area contributed by atoms with Crippen molar-refractivity contribution in [2.24, 2.45) is 4.99 Å². The molecule has 0 bridgehead atoms. The molecule has 2 atom stereocenters. The molecule has 2 aromatic rings. The van der Waals surface area contributed by atoms with Crippen molar-refractivity contribution >= 4 is 34.9 Å². The van der Waals surface area contributed by atoms with Crippen molar-refractivity contribution in [1.82, 2.24) is 5.32 Å². The third-order valence-electron chi connectivity index (χ3n) is 4.83. The first-order valence-corrected chi connectivity index (χ1v) is 11.4. The van der Waals surface area contributed by atoms with Gasteiger partial charge in [0.2, 0.25) is 0 Å². The summed E-state index contributed by atoms with van der Waals surface area (Å²) in [6, 6.07) is 13.9. The molecule has 1 aliphatic heterocycles. The minimum atomic E-state index is -0.541.